The summed E-state index contributed by atoms with van der Waals surface area (Å²) in [6.07, 6.45) is 6.75. The molecule has 140 valence electrons. The van der Waals surface area contributed by atoms with Gasteiger partial charge in [0.25, 0.3) is 0 Å². The second kappa shape index (κ2) is 7.99. The van der Waals surface area contributed by atoms with Gasteiger partial charge in [0.2, 0.25) is 0 Å². The molecule has 2 atom stereocenters. The van der Waals surface area contributed by atoms with E-state index in [1.54, 1.807) is 0 Å². The maximum Gasteiger partial charge on any atom is 0.0526 e. The standard InChI is InChI=1S/C24H29N3/c1-5-16-24(4,20-13-8-10-18-26-20)22-15-11-14-21(27-22)23(3,6-2)19-12-7-9-17-25-19/h7-15,17-18H,5-6,16H2,1-4H3. The first-order chi connectivity index (χ1) is 13.0. The average molecular weight is 360 g/mol. The van der Waals surface area contributed by atoms with Crippen LogP contribution in [0.15, 0.2) is 67.0 Å². The van der Waals surface area contributed by atoms with Crippen LogP contribution in [0.2, 0.25) is 0 Å². The molecule has 0 saturated carbocycles. The lowest BCUT2D eigenvalue weighted by Crippen LogP contribution is -2.30. The average Bonchev–Trinajstić information content (AvgIpc) is 2.74. The van der Waals surface area contributed by atoms with Gasteiger partial charge in [-0.15, -0.1) is 0 Å². The van der Waals surface area contributed by atoms with Crippen molar-refractivity contribution in [2.75, 3.05) is 0 Å². The maximum atomic E-state index is 5.18. The summed E-state index contributed by atoms with van der Waals surface area (Å²) < 4.78 is 0. The van der Waals surface area contributed by atoms with Crippen LogP contribution < -0.4 is 0 Å². The molecule has 3 heterocycles. The van der Waals surface area contributed by atoms with Crippen LogP contribution in [0.1, 0.15) is 69.7 Å². The van der Waals surface area contributed by atoms with Crippen molar-refractivity contribution < 1.29 is 0 Å². The minimum absolute atomic E-state index is 0.204. The van der Waals surface area contributed by atoms with Crippen molar-refractivity contribution >= 4 is 0 Å². The third-order valence-corrected chi connectivity index (χ3v) is 5.80. The molecule has 0 radical (unpaired) electrons. The highest BCUT2D eigenvalue weighted by Gasteiger charge is 2.34. The Balaban J connectivity index is 2.11. The van der Waals surface area contributed by atoms with Crippen LogP contribution in [0, 0.1) is 0 Å². The molecule has 2 unspecified atom stereocenters. The molecular formula is C24H29N3. The van der Waals surface area contributed by atoms with Gasteiger partial charge in [-0.3, -0.25) is 15.0 Å². The zero-order valence-electron chi connectivity index (χ0n) is 16.8. The molecule has 0 fully saturated rings. The summed E-state index contributed by atoms with van der Waals surface area (Å²) in [4.78, 5) is 14.5. The topological polar surface area (TPSA) is 38.7 Å². The van der Waals surface area contributed by atoms with E-state index in [4.69, 9.17) is 4.98 Å². The molecule has 0 N–H and O–H groups in total. The molecule has 27 heavy (non-hydrogen) atoms. The van der Waals surface area contributed by atoms with Crippen molar-refractivity contribution in [3.63, 3.8) is 0 Å². The number of hydrogen-bond acceptors (Lipinski definition) is 3. The highest BCUT2D eigenvalue weighted by molar-refractivity contribution is 5.35. The van der Waals surface area contributed by atoms with E-state index in [2.05, 4.69) is 80.1 Å². The summed E-state index contributed by atoms with van der Waals surface area (Å²) in [7, 11) is 0. The second-order valence-corrected chi connectivity index (χ2v) is 7.61. The van der Waals surface area contributed by atoms with E-state index in [0.29, 0.717) is 0 Å². The van der Waals surface area contributed by atoms with Gasteiger partial charge in [0.05, 0.1) is 33.6 Å². The fourth-order valence-corrected chi connectivity index (χ4v) is 3.81. The predicted molar refractivity (Wildman–Crippen MR) is 111 cm³/mol. The van der Waals surface area contributed by atoms with E-state index >= 15 is 0 Å². The Labute approximate surface area is 162 Å². The molecule has 0 amide bonds. The van der Waals surface area contributed by atoms with Crippen molar-refractivity contribution in [1.82, 2.24) is 15.0 Å². The molecule has 3 rings (SSSR count). The van der Waals surface area contributed by atoms with E-state index < -0.39 is 0 Å². The number of rotatable bonds is 7. The molecule has 3 aromatic rings. The molecule has 0 aromatic carbocycles. The highest BCUT2D eigenvalue weighted by atomic mass is 14.8. The molecule has 0 aliphatic heterocycles. The van der Waals surface area contributed by atoms with Gasteiger partial charge >= 0.3 is 0 Å². The van der Waals surface area contributed by atoms with E-state index in [1.165, 1.54) is 0 Å². The normalized spacial score (nSPS) is 15.7. The highest BCUT2D eigenvalue weighted by Crippen LogP contribution is 2.37. The zero-order valence-corrected chi connectivity index (χ0v) is 16.8. The Morgan fingerprint density at radius 3 is 1.67 bits per heavy atom. The summed E-state index contributed by atoms with van der Waals surface area (Å²) in [6.45, 7) is 8.91. The van der Waals surface area contributed by atoms with E-state index in [9.17, 15) is 0 Å². The molecule has 0 aliphatic carbocycles. The van der Waals surface area contributed by atoms with Crippen LogP contribution >= 0.6 is 0 Å². The van der Waals surface area contributed by atoms with Crippen molar-refractivity contribution in [2.45, 2.75) is 57.8 Å². The van der Waals surface area contributed by atoms with Crippen LogP contribution in [0.25, 0.3) is 0 Å². The Hall–Kier alpha value is -2.55. The van der Waals surface area contributed by atoms with Crippen LogP contribution in [-0.4, -0.2) is 15.0 Å². The van der Waals surface area contributed by atoms with Gasteiger partial charge in [0.1, 0.15) is 0 Å². The summed E-state index contributed by atoms with van der Waals surface area (Å²) in [6, 6.07) is 18.7. The minimum Gasteiger partial charge on any atom is -0.260 e. The SMILES string of the molecule is CCCC(C)(c1ccccn1)c1cccc(C(C)(CC)c2ccccn2)n1. The first-order valence-electron chi connectivity index (χ1n) is 9.85. The molecule has 3 heteroatoms. The Morgan fingerprint density at radius 2 is 1.19 bits per heavy atom. The predicted octanol–water partition coefficient (Wildman–Crippen LogP) is 5.69. The molecule has 0 bridgehead atoms. The first kappa shape index (κ1) is 19.2. The van der Waals surface area contributed by atoms with Crippen molar-refractivity contribution in [3.8, 4) is 0 Å². The summed E-state index contributed by atoms with van der Waals surface area (Å²) in [5, 5.41) is 0. The molecule has 3 aromatic heterocycles. The van der Waals surface area contributed by atoms with Gasteiger partial charge in [0.15, 0.2) is 0 Å². The van der Waals surface area contributed by atoms with E-state index in [-0.39, 0.29) is 10.8 Å². The fourth-order valence-electron chi connectivity index (χ4n) is 3.81. The number of hydrogen-bond donors (Lipinski definition) is 0. The van der Waals surface area contributed by atoms with Gasteiger partial charge < -0.3 is 0 Å². The van der Waals surface area contributed by atoms with Crippen molar-refractivity contribution in [2.24, 2.45) is 0 Å². The third-order valence-electron chi connectivity index (χ3n) is 5.80. The smallest absolute Gasteiger partial charge is 0.0526 e. The quantitative estimate of drug-likeness (QED) is 0.543. The van der Waals surface area contributed by atoms with Gasteiger partial charge in [-0.25, -0.2) is 0 Å². The zero-order chi connectivity index (χ0) is 19.3. The summed E-state index contributed by atoms with van der Waals surface area (Å²) in [5.74, 6) is 0. The minimum atomic E-state index is -0.214. The number of aromatic nitrogens is 3. The van der Waals surface area contributed by atoms with Crippen molar-refractivity contribution in [1.29, 1.82) is 0 Å². The first-order valence-corrected chi connectivity index (χ1v) is 9.85. The lowest BCUT2D eigenvalue weighted by molar-refractivity contribution is 0.467. The molecule has 0 aliphatic rings. The van der Waals surface area contributed by atoms with Crippen LogP contribution in [-0.2, 0) is 10.8 Å². The molecule has 0 saturated heterocycles. The molecule has 0 spiro atoms. The number of pyridine rings is 3. The lowest BCUT2D eigenvalue weighted by Gasteiger charge is -2.32. The van der Waals surface area contributed by atoms with Crippen LogP contribution in [0.4, 0.5) is 0 Å². The van der Waals surface area contributed by atoms with Crippen LogP contribution in [0.3, 0.4) is 0 Å². The summed E-state index contributed by atoms with van der Waals surface area (Å²) >= 11 is 0. The lowest BCUT2D eigenvalue weighted by atomic mass is 9.76. The Morgan fingerprint density at radius 1 is 0.667 bits per heavy atom. The molecule has 3 nitrogen and oxygen atoms in total. The Kier molecular flexibility index (Phi) is 5.69. The van der Waals surface area contributed by atoms with Gasteiger partial charge in [-0.1, -0.05) is 38.5 Å². The van der Waals surface area contributed by atoms with Crippen LogP contribution in [0.5, 0.6) is 0 Å². The third kappa shape index (κ3) is 3.64. The van der Waals surface area contributed by atoms with E-state index in [1.807, 2.05) is 24.5 Å². The van der Waals surface area contributed by atoms with Gasteiger partial charge in [0, 0.05) is 12.4 Å². The maximum absolute atomic E-state index is 5.18. The van der Waals surface area contributed by atoms with Gasteiger partial charge in [-0.05, 0) is 63.1 Å². The summed E-state index contributed by atoms with van der Waals surface area (Å²) in [5.41, 5.74) is 3.87. The monoisotopic (exact) mass is 359 g/mol. The van der Waals surface area contributed by atoms with Gasteiger partial charge in [-0.2, -0.15) is 0 Å². The van der Waals surface area contributed by atoms with E-state index in [0.717, 1.165) is 42.0 Å². The largest absolute Gasteiger partial charge is 0.260 e. The number of nitrogens with zero attached hydrogens (tertiary/aromatic N) is 3. The van der Waals surface area contributed by atoms with Crippen molar-refractivity contribution in [3.05, 3.63) is 89.8 Å². The second-order valence-electron chi connectivity index (χ2n) is 7.61. The molecular weight excluding hydrogens is 330 g/mol. The fraction of sp³-hybridized carbons (Fsp3) is 0.375. The Bertz CT molecular complexity index is 863.